The summed E-state index contributed by atoms with van der Waals surface area (Å²) in [5, 5.41) is 11.2. The van der Waals surface area contributed by atoms with Gasteiger partial charge in [0, 0.05) is 5.69 Å². The van der Waals surface area contributed by atoms with Gasteiger partial charge in [-0.15, -0.1) is 0 Å². The van der Waals surface area contributed by atoms with Crippen LogP contribution in [0.4, 0.5) is 20.6 Å². The highest BCUT2D eigenvalue weighted by Gasteiger charge is 2.17. The van der Waals surface area contributed by atoms with E-state index in [-0.39, 0.29) is 5.82 Å². The molecule has 0 bridgehead atoms. The van der Waals surface area contributed by atoms with Gasteiger partial charge in [-0.25, -0.2) is 23.8 Å². The predicted octanol–water partition coefficient (Wildman–Crippen LogP) is 7.01. The van der Waals surface area contributed by atoms with Gasteiger partial charge in [0.2, 0.25) is 5.88 Å². The SMILES string of the molecule is Cc1nn(-c2ccc(F)cc2)c2ncnc(Oc3ccc(NC(=O)Nc4c(Cl)cccc4Cl)cc3)c12. The van der Waals surface area contributed by atoms with Gasteiger partial charge in [-0.2, -0.15) is 5.10 Å². The van der Waals surface area contributed by atoms with Crippen LogP contribution in [0, 0.1) is 12.7 Å². The Labute approximate surface area is 214 Å². The Kier molecular flexibility index (Phi) is 6.41. The second-order valence-corrected chi connectivity index (χ2v) is 8.47. The molecule has 180 valence electrons. The minimum absolute atomic E-state index is 0.317. The summed E-state index contributed by atoms with van der Waals surface area (Å²) in [5.41, 5.74) is 2.68. The molecule has 0 spiro atoms. The topological polar surface area (TPSA) is 94.0 Å². The van der Waals surface area contributed by atoms with E-state index in [0.29, 0.717) is 55.5 Å². The summed E-state index contributed by atoms with van der Waals surface area (Å²) in [6, 6.07) is 17.1. The molecule has 36 heavy (non-hydrogen) atoms. The van der Waals surface area contributed by atoms with Crippen LogP contribution >= 0.6 is 23.2 Å². The van der Waals surface area contributed by atoms with Crippen LogP contribution in [0.1, 0.15) is 5.69 Å². The van der Waals surface area contributed by atoms with E-state index in [1.54, 1.807) is 59.3 Å². The van der Waals surface area contributed by atoms with E-state index in [4.69, 9.17) is 27.9 Å². The third-order valence-corrected chi connectivity index (χ3v) is 5.83. The number of urea groups is 1. The van der Waals surface area contributed by atoms with E-state index in [1.807, 2.05) is 6.92 Å². The summed E-state index contributed by atoms with van der Waals surface area (Å²) in [7, 11) is 0. The monoisotopic (exact) mass is 522 g/mol. The lowest BCUT2D eigenvalue weighted by Gasteiger charge is -2.11. The fourth-order valence-corrected chi connectivity index (χ4v) is 4.03. The molecule has 0 aliphatic rings. The first-order chi connectivity index (χ1) is 17.4. The molecule has 0 aliphatic carbocycles. The molecule has 2 amide bonds. The Morgan fingerprint density at radius 3 is 2.33 bits per heavy atom. The zero-order valence-corrected chi connectivity index (χ0v) is 20.2. The molecule has 2 heterocycles. The summed E-state index contributed by atoms with van der Waals surface area (Å²) < 4.78 is 21.0. The Balaban J connectivity index is 1.33. The van der Waals surface area contributed by atoms with Gasteiger partial charge in [0.25, 0.3) is 0 Å². The molecule has 11 heteroatoms. The van der Waals surface area contributed by atoms with Gasteiger partial charge in [0.15, 0.2) is 5.65 Å². The number of carbonyl (C=O) groups excluding carboxylic acids is 1. The zero-order chi connectivity index (χ0) is 25.2. The Bertz CT molecular complexity index is 1550. The van der Waals surface area contributed by atoms with Gasteiger partial charge in [-0.05, 0) is 67.6 Å². The van der Waals surface area contributed by atoms with Crippen molar-refractivity contribution in [3.05, 3.63) is 94.6 Å². The molecule has 5 aromatic rings. The number of nitrogens with one attached hydrogen (secondary N) is 2. The minimum Gasteiger partial charge on any atom is -0.438 e. The number of hydrogen-bond acceptors (Lipinski definition) is 5. The number of para-hydroxylation sites is 1. The molecule has 0 saturated heterocycles. The average molecular weight is 523 g/mol. The van der Waals surface area contributed by atoms with Crippen molar-refractivity contribution >= 4 is 51.6 Å². The summed E-state index contributed by atoms with van der Waals surface area (Å²) in [4.78, 5) is 21.0. The maximum Gasteiger partial charge on any atom is 0.323 e. The van der Waals surface area contributed by atoms with Gasteiger partial charge in [-0.1, -0.05) is 29.3 Å². The third-order valence-electron chi connectivity index (χ3n) is 5.20. The average Bonchev–Trinajstić information content (AvgIpc) is 3.20. The Hall–Kier alpha value is -4.21. The molecule has 0 fully saturated rings. The number of ether oxygens (including phenoxy) is 1. The Morgan fingerprint density at radius 2 is 1.64 bits per heavy atom. The highest BCUT2D eigenvalue weighted by atomic mass is 35.5. The van der Waals surface area contributed by atoms with Crippen LogP contribution in [0.25, 0.3) is 16.7 Å². The first kappa shape index (κ1) is 23.5. The molecule has 0 saturated carbocycles. The van der Waals surface area contributed by atoms with Crippen molar-refractivity contribution in [2.45, 2.75) is 6.92 Å². The minimum atomic E-state index is -0.500. The molecule has 0 aliphatic heterocycles. The largest absolute Gasteiger partial charge is 0.438 e. The number of carbonyl (C=O) groups is 1. The lowest BCUT2D eigenvalue weighted by molar-refractivity contribution is 0.262. The smallest absolute Gasteiger partial charge is 0.323 e. The molecule has 2 N–H and O–H groups in total. The van der Waals surface area contributed by atoms with Gasteiger partial charge < -0.3 is 15.4 Å². The zero-order valence-electron chi connectivity index (χ0n) is 18.7. The predicted molar refractivity (Wildman–Crippen MR) is 137 cm³/mol. The van der Waals surface area contributed by atoms with Crippen LogP contribution in [0.15, 0.2) is 73.1 Å². The van der Waals surface area contributed by atoms with Crippen LogP contribution in [-0.2, 0) is 0 Å². The number of anilines is 2. The molecular formula is C25H17Cl2FN6O2. The Morgan fingerprint density at radius 1 is 0.944 bits per heavy atom. The number of hydrogen-bond donors (Lipinski definition) is 2. The lowest BCUT2D eigenvalue weighted by Crippen LogP contribution is -2.19. The van der Waals surface area contributed by atoms with Crippen LogP contribution in [0.2, 0.25) is 10.0 Å². The van der Waals surface area contributed by atoms with Crippen molar-refractivity contribution in [1.29, 1.82) is 0 Å². The number of fused-ring (bicyclic) bond motifs is 1. The summed E-state index contributed by atoms with van der Waals surface area (Å²) in [6.07, 6.45) is 1.37. The summed E-state index contributed by atoms with van der Waals surface area (Å²) >= 11 is 12.2. The molecule has 3 aromatic carbocycles. The van der Waals surface area contributed by atoms with E-state index >= 15 is 0 Å². The van der Waals surface area contributed by atoms with Crippen LogP contribution < -0.4 is 15.4 Å². The van der Waals surface area contributed by atoms with Gasteiger partial charge in [0.1, 0.15) is 23.3 Å². The maximum absolute atomic E-state index is 13.3. The van der Waals surface area contributed by atoms with Crippen molar-refractivity contribution in [2.24, 2.45) is 0 Å². The second-order valence-electron chi connectivity index (χ2n) is 7.65. The van der Waals surface area contributed by atoms with Gasteiger partial charge >= 0.3 is 6.03 Å². The molecular weight excluding hydrogens is 506 g/mol. The molecule has 0 unspecified atom stereocenters. The molecule has 8 nitrogen and oxygen atoms in total. The normalized spacial score (nSPS) is 10.9. The number of aromatic nitrogens is 4. The van der Waals surface area contributed by atoms with Crippen molar-refractivity contribution in [2.75, 3.05) is 10.6 Å². The number of amides is 2. The summed E-state index contributed by atoms with van der Waals surface area (Å²) in [5.74, 6) is 0.468. The number of benzene rings is 3. The maximum atomic E-state index is 13.3. The van der Waals surface area contributed by atoms with E-state index in [2.05, 4.69) is 25.7 Å². The highest BCUT2D eigenvalue weighted by molar-refractivity contribution is 6.39. The number of nitrogens with zero attached hydrogens (tertiary/aromatic N) is 4. The van der Waals surface area contributed by atoms with Crippen molar-refractivity contribution < 1.29 is 13.9 Å². The molecule has 5 rings (SSSR count). The number of halogens is 3. The number of aryl methyl sites for hydroxylation is 1. The van der Waals surface area contributed by atoms with Crippen LogP contribution in [0.3, 0.4) is 0 Å². The standard InChI is InChI=1S/C25H17Cl2FN6O2/c1-14-21-23(34(33-14)17-9-5-15(28)6-10-17)29-13-30-24(21)36-18-11-7-16(8-12-18)31-25(35)32-22-19(26)3-2-4-20(22)27/h2-13H,1H3,(H2,31,32,35). The fraction of sp³-hybridized carbons (Fsp3) is 0.0400. The molecule has 0 radical (unpaired) electrons. The van der Waals surface area contributed by atoms with Crippen LogP contribution in [-0.4, -0.2) is 25.8 Å². The van der Waals surface area contributed by atoms with E-state index in [9.17, 15) is 9.18 Å². The second kappa shape index (κ2) is 9.80. The molecule has 0 atom stereocenters. The van der Waals surface area contributed by atoms with E-state index in [1.165, 1.54) is 18.5 Å². The number of rotatable bonds is 5. The highest BCUT2D eigenvalue weighted by Crippen LogP contribution is 2.32. The van der Waals surface area contributed by atoms with Gasteiger partial charge in [0.05, 0.1) is 27.1 Å². The lowest BCUT2D eigenvalue weighted by atomic mass is 10.3. The van der Waals surface area contributed by atoms with Gasteiger partial charge in [-0.3, -0.25) is 0 Å². The van der Waals surface area contributed by atoms with E-state index < -0.39 is 6.03 Å². The first-order valence-electron chi connectivity index (χ1n) is 10.7. The van der Waals surface area contributed by atoms with E-state index in [0.717, 1.165) is 0 Å². The first-order valence-corrected chi connectivity index (χ1v) is 11.4. The van der Waals surface area contributed by atoms with Crippen molar-refractivity contribution in [3.63, 3.8) is 0 Å². The van der Waals surface area contributed by atoms with Crippen molar-refractivity contribution in [1.82, 2.24) is 19.7 Å². The van der Waals surface area contributed by atoms with Crippen molar-refractivity contribution in [3.8, 4) is 17.3 Å². The fourth-order valence-electron chi connectivity index (χ4n) is 3.54. The third kappa shape index (κ3) is 4.79. The molecule has 2 aromatic heterocycles. The quantitative estimate of drug-likeness (QED) is 0.259. The van der Waals surface area contributed by atoms with Crippen LogP contribution in [0.5, 0.6) is 11.6 Å². The summed E-state index contributed by atoms with van der Waals surface area (Å²) in [6.45, 7) is 1.81.